The van der Waals surface area contributed by atoms with Crippen LogP contribution in [0.15, 0.2) is 48.5 Å². The molecule has 0 bridgehead atoms. The fraction of sp³-hybridized carbons (Fsp3) is 0.364. The third kappa shape index (κ3) is 4.47. The van der Waals surface area contributed by atoms with Crippen molar-refractivity contribution in [1.82, 2.24) is 0 Å². The predicted octanol–water partition coefficient (Wildman–Crippen LogP) is 4.54. The maximum absolute atomic E-state index is 12.5. The van der Waals surface area contributed by atoms with E-state index in [0.717, 1.165) is 18.8 Å². The lowest BCUT2D eigenvalue weighted by Gasteiger charge is -2.28. The molecule has 2 aliphatic rings. The maximum atomic E-state index is 12.5. The number of nitrogens with zero attached hydrogens (tertiary/aromatic N) is 1. The summed E-state index contributed by atoms with van der Waals surface area (Å²) in [4.78, 5) is 27.2. The summed E-state index contributed by atoms with van der Waals surface area (Å²) < 4.78 is 0. The Balaban J connectivity index is 1.28. The van der Waals surface area contributed by atoms with Crippen molar-refractivity contribution in [3.05, 3.63) is 53.6 Å². The van der Waals surface area contributed by atoms with Gasteiger partial charge in [0.1, 0.15) is 0 Å². The van der Waals surface area contributed by atoms with Crippen molar-refractivity contribution in [3.63, 3.8) is 0 Å². The van der Waals surface area contributed by atoms with Gasteiger partial charge in [0.05, 0.1) is 11.8 Å². The van der Waals surface area contributed by atoms with Crippen LogP contribution in [0.2, 0.25) is 5.02 Å². The first-order chi connectivity index (χ1) is 13.6. The van der Waals surface area contributed by atoms with Crippen LogP contribution in [0.1, 0.15) is 25.7 Å². The fourth-order valence-corrected chi connectivity index (χ4v) is 3.81. The van der Waals surface area contributed by atoms with E-state index in [-0.39, 0.29) is 23.7 Å². The van der Waals surface area contributed by atoms with Gasteiger partial charge in [-0.05, 0) is 74.2 Å². The molecule has 2 fully saturated rings. The smallest absolute Gasteiger partial charge is 0.228 e. The average molecular weight is 398 g/mol. The highest BCUT2D eigenvalue weighted by Crippen LogP contribution is 2.40. The second-order valence-corrected chi connectivity index (χ2v) is 7.97. The van der Waals surface area contributed by atoms with Crippen molar-refractivity contribution in [1.29, 1.82) is 0 Å². The molecule has 2 atom stereocenters. The van der Waals surface area contributed by atoms with Gasteiger partial charge < -0.3 is 15.5 Å². The zero-order valence-corrected chi connectivity index (χ0v) is 16.4. The summed E-state index contributed by atoms with van der Waals surface area (Å²) in [5.41, 5.74) is 2.66. The molecule has 4 rings (SSSR count). The summed E-state index contributed by atoms with van der Waals surface area (Å²) in [6.07, 6.45) is 4.36. The average Bonchev–Trinajstić information content (AvgIpc) is 3.52. The van der Waals surface area contributed by atoms with Crippen molar-refractivity contribution in [2.45, 2.75) is 25.7 Å². The second kappa shape index (κ2) is 8.23. The van der Waals surface area contributed by atoms with E-state index >= 15 is 0 Å². The van der Waals surface area contributed by atoms with E-state index in [0.29, 0.717) is 17.1 Å². The molecule has 2 amide bonds. The molecule has 0 spiro atoms. The lowest BCUT2D eigenvalue weighted by atomic mass is 10.1. The Morgan fingerprint density at radius 3 is 1.82 bits per heavy atom. The van der Waals surface area contributed by atoms with Crippen molar-refractivity contribution >= 4 is 40.5 Å². The maximum Gasteiger partial charge on any atom is 0.228 e. The van der Waals surface area contributed by atoms with E-state index in [2.05, 4.69) is 27.7 Å². The monoisotopic (exact) mass is 397 g/mol. The number of amides is 2. The number of hydrogen-bond donors (Lipinski definition) is 2. The van der Waals surface area contributed by atoms with Crippen LogP contribution >= 0.6 is 11.6 Å². The van der Waals surface area contributed by atoms with Gasteiger partial charge in [-0.25, -0.2) is 0 Å². The number of benzene rings is 2. The van der Waals surface area contributed by atoms with Gasteiger partial charge in [0.25, 0.3) is 0 Å². The minimum atomic E-state index is -0.275. The minimum Gasteiger partial charge on any atom is -0.372 e. The molecular formula is C22H24ClN3O2. The highest BCUT2D eigenvalue weighted by molar-refractivity contribution is 6.30. The van der Waals surface area contributed by atoms with Gasteiger partial charge in [0, 0.05) is 35.2 Å². The van der Waals surface area contributed by atoms with Crippen molar-refractivity contribution < 1.29 is 9.59 Å². The summed E-state index contributed by atoms with van der Waals surface area (Å²) in [5.74, 6) is -0.762. The van der Waals surface area contributed by atoms with Crippen LogP contribution in [0.5, 0.6) is 0 Å². The van der Waals surface area contributed by atoms with Crippen LogP contribution in [0.4, 0.5) is 17.1 Å². The van der Waals surface area contributed by atoms with Gasteiger partial charge in [-0.15, -0.1) is 0 Å². The highest BCUT2D eigenvalue weighted by atomic mass is 35.5. The number of halogens is 1. The topological polar surface area (TPSA) is 61.4 Å². The molecule has 146 valence electrons. The first-order valence-electron chi connectivity index (χ1n) is 9.82. The van der Waals surface area contributed by atoms with Gasteiger partial charge in [0.2, 0.25) is 11.8 Å². The highest BCUT2D eigenvalue weighted by Gasteiger charge is 2.48. The van der Waals surface area contributed by atoms with Crippen molar-refractivity contribution in [3.8, 4) is 0 Å². The SMILES string of the molecule is O=C(Nc1ccc(Cl)cc1)C1CC1C(=O)Nc1ccc(N2CCCCC2)cc1. The minimum absolute atomic E-state index is 0.0954. The van der Waals surface area contributed by atoms with Gasteiger partial charge >= 0.3 is 0 Å². The van der Waals surface area contributed by atoms with Crippen LogP contribution in [-0.2, 0) is 9.59 Å². The third-order valence-electron chi connectivity index (χ3n) is 5.43. The van der Waals surface area contributed by atoms with Gasteiger partial charge in [-0.1, -0.05) is 11.6 Å². The number of piperidine rings is 1. The van der Waals surface area contributed by atoms with Gasteiger partial charge in [0.15, 0.2) is 0 Å². The van der Waals surface area contributed by atoms with E-state index in [4.69, 9.17) is 11.6 Å². The number of rotatable bonds is 5. The zero-order valence-electron chi connectivity index (χ0n) is 15.7. The lowest BCUT2D eigenvalue weighted by molar-refractivity contribution is -0.122. The Bertz CT molecular complexity index is 845. The molecule has 1 saturated heterocycles. The Kier molecular flexibility index (Phi) is 5.53. The molecule has 1 saturated carbocycles. The number of carbonyl (C=O) groups excluding carboxylic acids is 2. The molecule has 2 aromatic rings. The van der Waals surface area contributed by atoms with E-state index < -0.39 is 0 Å². The number of hydrogen-bond acceptors (Lipinski definition) is 3. The van der Waals surface area contributed by atoms with E-state index in [1.54, 1.807) is 24.3 Å². The zero-order chi connectivity index (χ0) is 19.5. The molecule has 2 unspecified atom stereocenters. The molecule has 5 nitrogen and oxygen atoms in total. The van der Waals surface area contributed by atoms with Gasteiger partial charge in [-0.3, -0.25) is 9.59 Å². The lowest BCUT2D eigenvalue weighted by Crippen LogP contribution is -2.29. The molecule has 0 aromatic heterocycles. The molecule has 1 aliphatic carbocycles. The van der Waals surface area contributed by atoms with Crippen molar-refractivity contribution in [2.75, 3.05) is 28.6 Å². The van der Waals surface area contributed by atoms with Crippen molar-refractivity contribution in [2.24, 2.45) is 11.8 Å². The normalized spacial score (nSPS) is 21.1. The molecule has 2 aromatic carbocycles. The Hall–Kier alpha value is -2.53. The first kappa shape index (κ1) is 18.8. The summed E-state index contributed by atoms with van der Waals surface area (Å²) in [6.45, 7) is 2.19. The molecule has 0 radical (unpaired) electrons. The van der Waals surface area contributed by atoms with Crippen LogP contribution in [0.25, 0.3) is 0 Å². The molecule has 6 heteroatoms. The summed E-state index contributed by atoms with van der Waals surface area (Å²) in [6, 6.07) is 14.9. The Morgan fingerprint density at radius 2 is 1.29 bits per heavy atom. The number of nitrogens with one attached hydrogen (secondary N) is 2. The standard InChI is InChI=1S/C22H24ClN3O2/c23-15-4-6-16(7-5-15)24-21(27)19-14-20(19)22(28)25-17-8-10-18(11-9-17)26-12-2-1-3-13-26/h4-11,19-20H,1-3,12-14H2,(H,24,27)(H,25,28). The summed E-state index contributed by atoms with van der Waals surface area (Å²) in [7, 11) is 0. The number of anilines is 3. The van der Waals surface area contributed by atoms with Crippen LogP contribution in [-0.4, -0.2) is 24.9 Å². The molecule has 2 N–H and O–H groups in total. The van der Waals surface area contributed by atoms with Crippen LogP contribution < -0.4 is 15.5 Å². The Labute approximate surface area is 170 Å². The van der Waals surface area contributed by atoms with Crippen LogP contribution in [0, 0.1) is 11.8 Å². The third-order valence-corrected chi connectivity index (χ3v) is 5.68. The summed E-state index contributed by atoms with van der Waals surface area (Å²) in [5, 5.41) is 6.39. The second-order valence-electron chi connectivity index (χ2n) is 7.53. The van der Waals surface area contributed by atoms with Crippen LogP contribution in [0.3, 0.4) is 0 Å². The fourth-order valence-electron chi connectivity index (χ4n) is 3.69. The molecular weight excluding hydrogens is 374 g/mol. The predicted molar refractivity (Wildman–Crippen MR) is 113 cm³/mol. The largest absolute Gasteiger partial charge is 0.372 e. The molecule has 1 heterocycles. The quantitative estimate of drug-likeness (QED) is 0.778. The molecule has 28 heavy (non-hydrogen) atoms. The Morgan fingerprint density at radius 1 is 0.786 bits per heavy atom. The van der Waals surface area contributed by atoms with E-state index in [1.165, 1.54) is 24.9 Å². The van der Waals surface area contributed by atoms with Gasteiger partial charge in [-0.2, -0.15) is 0 Å². The van der Waals surface area contributed by atoms with E-state index in [9.17, 15) is 9.59 Å². The summed E-state index contributed by atoms with van der Waals surface area (Å²) >= 11 is 5.85. The first-order valence-corrected chi connectivity index (χ1v) is 10.2. The number of carbonyl (C=O) groups is 2. The molecule has 1 aliphatic heterocycles. The van der Waals surface area contributed by atoms with E-state index in [1.807, 2.05) is 12.1 Å².